The molecule has 128 valence electrons. The van der Waals surface area contributed by atoms with Crippen LogP contribution in [0, 0.1) is 12.7 Å². The van der Waals surface area contributed by atoms with E-state index in [0.29, 0.717) is 5.69 Å². The summed E-state index contributed by atoms with van der Waals surface area (Å²) in [6.45, 7) is 2.54. The second-order valence-electron chi connectivity index (χ2n) is 5.48. The molecule has 1 amide bonds. The summed E-state index contributed by atoms with van der Waals surface area (Å²) in [5.41, 5.74) is 0.607. The molecule has 0 aliphatic carbocycles. The maximum absolute atomic E-state index is 13.0. The Hall–Kier alpha value is -2.26. The lowest BCUT2D eigenvalue weighted by molar-refractivity contribution is 0.0656. The Kier molecular flexibility index (Phi) is 4.37. The van der Waals surface area contributed by atoms with E-state index >= 15 is 0 Å². The van der Waals surface area contributed by atoms with Crippen LogP contribution in [0.5, 0.6) is 0 Å². The van der Waals surface area contributed by atoms with Crippen molar-refractivity contribution in [2.75, 3.05) is 26.2 Å². The van der Waals surface area contributed by atoms with Crippen LogP contribution >= 0.6 is 0 Å². The molecule has 7 nitrogen and oxygen atoms in total. The molecule has 0 saturated carbocycles. The van der Waals surface area contributed by atoms with Crippen LogP contribution in [0.2, 0.25) is 0 Å². The average Bonchev–Trinajstić information content (AvgIpc) is 3.01. The first-order valence-corrected chi connectivity index (χ1v) is 8.80. The summed E-state index contributed by atoms with van der Waals surface area (Å²) >= 11 is 0. The summed E-state index contributed by atoms with van der Waals surface area (Å²) in [6, 6.07) is 6.24. The van der Waals surface area contributed by atoms with Gasteiger partial charge in [0.05, 0.1) is 10.6 Å². The van der Waals surface area contributed by atoms with Crippen molar-refractivity contribution in [1.29, 1.82) is 0 Å². The smallest absolute Gasteiger partial charge is 0.292 e. The number of halogens is 1. The lowest BCUT2D eigenvalue weighted by Crippen LogP contribution is -2.50. The highest BCUT2D eigenvalue weighted by molar-refractivity contribution is 7.89. The van der Waals surface area contributed by atoms with Crippen LogP contribution in [0.4, 0.5) is 4.39 Å². The number of benzene rings is 1. The largest absolute Gasteiger partial charge is 0.351 e. The van der Waals surface area contributed by atoms with E-state index in [0.717, 1.165) is 12.1 Å². The average molecular weight is 353 g/mol. The number of carbonyl (C=O) groups excluding carboxylic acids is 1. The zero-order chi connectivity index (χ0) is 17.3. The molecular weight excluding hydrogens is 337 g/mol. The summed E-state index contributed by atoms with van der Waals surface area (Å²) < 4.78 is 44.2. The molecule has 0 radical (unpaired) electrons. The number of sulfonamides is 1. The van der Waals surface area contributed by atoms with Crippen LogP contribution in [0.15, 0.2) is 39.8 Å². The number of aryl methyl sites for hydroxylation is 1. The Balaban J connectivity index is 1.68. The lowest BCUT2D eigenvalue weighted by atomic mass is 10.3. The number of carbonyl (C=O) groups is 1. The number of nitrogens with zero attached hydrogens (tertiary/aromatic N) is 3. The van der Waals surface area contributed by atoms with Gasteiger partial charge in [-0.3, -0.25) is 4.79 Å². The van der Waals surface area contributed by atoms with Crippen LogP contribution in [0.1, 0.15) is 16.2 Å². The first-order chi connectivity index (χ1) is 11.4. The van der Waals surface area contributed by atoms with Gasteiger partial charge in [0.25, 0.3) is 5.91 Å². The van der Waals surface area contributed by atoms with Gasteiger partial charge in [-0.25, -0.2) is 12.8 Å². The van der Waals surface area contributed by atoms with Crippen LogP contribution in [-0.2, 0) is 10.0 Å². The second-order valence-corrected chi connectivity index (χ2v) is 7.42. The Labute approximate surface area is 138 Å². The minimum atomic E-state index is -3.70. The van der Waals surface area contributed by atoms with Crippen molar-refractivity contribution < 1.29 is 22.1 Å². The standard InChI is InChI=1S/C15H16FN3O4S/c1-11-10-14(23-17-11)15(20)18-6-8-19(9-7-18)24(21,22)13-4-2-12(16)3-5-13/h2-5,10H,6-9H2,1H3. The number of rotatable bonds is 3. The molecule has 24 heavy (non-hydrogen) atoms. The van der Waals surface area contributed by atoms with Crippen molar-refractivity contribution in [2.45, 2.75) is 11.8 Å². The van der Waals surface area contributed by atoms with Crippen molar-refractivity contribution in [3.8, 4) is 0 Å². The Morgan fingerprint density at radius 1 is 1.17 bits per heavy atom. The molecule has 1 fully saturated rings. The third-order valence-electron chi connectivity index (χ3n) is 3.82. The molecule has 0 atom stereocenters. The van der Waals surface area contributed by atoms with Gasteiger partial charge in [-0.05, 0) is 31.2 Å². The summed E-state index contributed by atoms with van der Waals surface area (Å²) in [4.78, 5) is 13.8. The zero-order valence-corrected chi connectivity index (χ0v) is 13.8. The van der Waals surface area contributed by atoms with Gasteiger partial charge in [0.15, 0.2) is 0 Å². The van der Waals surface area contributed by atoms with Crippen molar-refractivity contribution in [1.82, 2.24) is 14.4 Å². The van der Waals surface area contributed by atoms with E-state index in [9.17, 15) is 17.6 Å². The van der Waals surface area contributed by atoms with Gasteiger partial charge in [-0.2, -0.15) is 4.31 Å². The van der Waals surface area contributed by atoms with E-state index in [1.807, 2.05) is 0 Å². The maximum Gasteiger partial charge on any atom is 0.292 e. The number of piperazine rings is 1. The molecule has 0 bridgehead atoms. The summed E-state index contributed by atoms with van der Waals surface area (Å²) in [7, 11) is -3.70. The van der Waals surface area contributed by atoms with E-state index in [2.05, 4.69) is 5.16 Å². The van der Waals surface area contributed by atoms with E-state index in [1.54, 1.807) is 13.0 Å². The third-order valence-corrected chi connectivity index (χ3v) is 5.73. The highest BCUT2D eigenvalue weighted by Gasteiger charge is 2.31. The molecular formula is C15H16FN3O4S. The highest BCUT2D eigenvalue weighted by Crippen LogP contribution is 2.19. The van der Waals surface area contributed by atoms with Crippen LogP contribution < -0.4 is 0 Å². The van der Waals surface area contributed by atoms with Gasteiger partial charge in [0.2, 0.25) is 15.8 Å². The molecule has 1 saturated heterocycles. The second kappa shape index (κ2) is 6.33. The summed E-state index contributed by atoms with van der Waals surface area (Å²) in [6.07, 6.45) is 0. The molecule has 0 spiro atoms. The van der Waals surface area contributed by atoms with Gasteiger partial charge in [0.1, 0.15) is 5.82 Å². The summed E-state index contributed by atoms with van der Waals surface area (Å²) in [5, 5.41) is 3.67. The molecule has 1 aromatic heterocycles. The minimum Gasteiger partial charge on any atom is -0.351 e. The third kappa shape index (κ3) is 3.17. The SMILES string of the molecule is Cc1cc(C(=O)N2CCN(S(=O)(=O)c3ccc(F)cc3)CC2)on1. The number of hydrogen-bond donors (Lipinski definition) is 0. The van der Waals surface area contributed by atoms with Crippen molar-refractivity contribution in [2.24, 2.45) is 0 Å². The van der Waals surface area contributed by atoms with E-state index in [4.69, 9.17) is 4.52 Å². The molecule has 3 rings (SSSR count). The fraction of sp³-hybridized carbons (Fsp3) is 0.333. The normalized spacial score (nSPS) is 16.3. The van der Waals surface area contributed by atoms with Gasteiger partial charge in [-0.1, -0.05) is 5.16 Å². The quantitative estimate of drug-likeness (QED) is 0.830. The fourth-order valence-electron chi connectivity index (χ4n) is 2.51. The van der Waals surface area contributed by atoms with Gasteiger partial charge < -0.3 is 9.42 Å². The van der Waals surface area contributed by atoms with E-state index in [-0.39, 0.29) is 42.7 Å². The monoisotopic (exact) mass is 353 g/mol. The topological polar surface area (TPSA) is 83.7 Å². The van der Waals surface area contributed by atoms with Crippen molar-refractivity contribution >= 4 is 15.9 Å². The number of amides is 1. The fourth-order valence-corrected chi connectivity index (χ4v) is 3.93. The van der Waals surface area contributed by atoms with E-state index in [1.165, 1.54) is 21.3 Å². The molecule has 0 unspecified atom stereocenters. The zero-order valence-electron chi connectivity index (χ0n) is 13.0. The Morgan fingerprint density at radius 3 is 2.33 bits per heavy atom. The predicted molar refractivity (Wildman–Crippen MR) is 82.3 cm³/mol. The first kappa shape index (κ1) is 16.6. The molecule has 2 aromatic rings. The van der Waals surface area contributed by atoms with Crippen LogP contribution in [-0.4, -0.2) is 54.9 Å². The lowest BCUT2D eigenvalue weighted by Gasteiger charge is -2.33. The Bertz CT molecular complexity index is 840. The molecule has 9 heteroatoms. The van der Waals surface area contributed by atoms with Gasteiger partial charge in [0, 0.05) is 32.2 Å². The van der Waals surface area contributed by atoms with Crippen LogP contribution in [0.25, 0.3) is 0 Å². The van der Waals surface area contributed by atoms with Crippen LogP contribution in [0.3, 0.4) is 0 Å². The highest BCUT2D eigenvalue weighted by atomic mass is 32.2. The molecule has 1 aliphatic rings. The van der Waals surface area contributed by atoms with Crippen molar-refractivity contribution in [3.63, 3.8) is 0 Å². The number of aromatic nitrogens is 1. The first-order valence-electron chi connectivity index (χ1n) is 7.36. The van der Waals surface area contributed by atoms with Gasteiger partial charge >= 0.3 is 0 Å². The maximum atomic E-state index is 13.0. The molecule has 2 heterocycles. The predicted octanol–water partition coefficient (Wildman–Crippen LogP) is 1.27. The van der Waals surface area contributed by atoms with Gasteiger partial charge in [-0.15, -0.1) is 0 Å². The van der Waals surface area contributed by atoms with Crippen molar-refractivity contribution in [3.05, 3.63) is 47.6 Å². The summed E-state index contributed by atoms with van der Waals surface area (Å²) in [5.74, 6) is -0.663. The molecule has 1 aliphatic heterocycles. The Morgan fingerprint density at radius 2 is 1.79 bits per heavy atom. The molecule has 1 aromatic carbocycles. The molecule has 0 N–H and O–H groups in total. The number of hydrogen-bond acceptors (Lipinski definition) is 5. The minimum absolute atomic E-state index is 0.0366. The van der Waals surface area contributed by atoms with E-state index < -0.39 is 15.8 Å².